The Labute approximate surface area is 118 Å². The highest BCUT2D eigenvalue weighted by Crippen LogP contribution is 2.20. The van der Waals surface area contributed by atoms with Crippen LogP contribution in [-0.2, 0) is 4.74 Å². The first-order valence-electron chi connectivity index (χ1n) is 6.63. The number of nitrogens with one attached hydrogen (secondary N) is 1. The molecule has 1 N–H and O–H groups in total. The van der Waals surface area contributed by atoms with E-state index in [2.05, 4.69) is 39.0 Å². The Morgan fingerprint density at radius 3 is 2.89 bits per heavy atom. The molecule has 2 heterocycles. The SMILES string of the molecule is CCCNc1nc(Cl)nc(N2CC(C)OCC2C)n1. The van der Waals surface area contributed by atoms with Crippen LogP contribution in [0.25, 0.3) is 0 Å². The molecule has 0 saturated carbocycles. The van der Waals surface area contributed by atoms with Crippen molar-refractivity contribution in [3.63, 3.8) is 0 Å². The van der Waals surface area contributed by atoms with Crippen LogP contribution in [0.5, 0.6) is 0 Å². The van der Waals surface area contributed by atoms with Gasteiger partial charge in [0.15, 0.2) is 0 Å². The van der Waals surface area contributed by atoms with Gasteiger partial charge in [-0.1, -0.05) is 6.92 Å². The van der Waals surface area contributed by atoms with Crippen LogP contribution >= 0.6 is 11.6 Å². The van der Waals surface area contributed by atoms with Gasteiger partial charge in [0.25, 0.3) is 0 Å². The number of anilines is 2. The minimum atomic E-state index is 0.166. The summed E-state index contributed by atoms with van der Waals surface area (Å²) in [6, 6.07) is 0.230. The molecule has 1 aliphatic heterocycles. The molecule has 1 saturated heterocycles. The first-order chi connectivity index (χ1) is 9.10. The van der Waals surface area contributed by atoms with Crippen molar-refractivity contribution in [1.29, 1.82) is 0 Å². The first-order valence-corrected chi connectivity index (χ1v) is 7.01. The molecule has 1 fully saturated rings. The molecule has 1 aliphatic rings. The summed E-state index contributed by atoms with van der Waals surface area (Å²) in [7, 11) is 0. The number of hydrogen-bond donors (Lipinski definition) is 1. The quantitative estimate of drug-likeness (QED) is 0.912. The molecule has 0 spiro atoms. The van der Waals surface area contributed by atoms with Gasteiger partial charge in [0, 0.05) is 13.1 Å². The number of morpholine rings is 1. The molecule has 0 radical (unpaired) electrons. The van der Waals surface area contributed by atoms with Crippen molar-refractivity contribution in [3.05, 3.63) is 5.28 Å². The zero-order valence-corrected chi connectivity index (χ0v) is 12.3. The van der Waals surface area contributed by atoms with E-state index in [9.17, 15) is 0 Å². The number of ether oxygens (including phenoxy) is 1. The number of nitrogens with zero attached hydrogens (tertiary/aromatic N) is 4. The van der Waals surface area contributed by atoms with Gasteiger partial charge in [0.2, 0.25) is 17.2 Å². The summed E-state index contributed by atoms with van der Waals surface area (Å²) in [6.07, 6.45) is 1.17. The van der Waals surface area contributed by atoms with Crippen molar-refractivity contribution >= 4 is 23.5 Å². The van der Waals surface area contributed by atoms with Crippen LogP contribution in [0.1, 0.15) is 27.2 Å². The number of aromatic nitrogens is 3. The Morgan fingerprint density at radius 2 is 2.16 bits per heavy atom. The minimum absolute atomic E-state index is 0.166. The van der Waals surface area contributed by atoms with Crippen LogP contribution in [0.15, 0.2) is 0 Å². The third kappa shape index (κ3) is 3.67. The smallest absolute Gasteiger partial charge is 0.231 e. The van der Waals surface area contributed by atoms with Gasteiger partial charge in [-0.2, -0.15) is 15.0 Å². The van der Waals surface area contributed by atoms with Gasteiger partial charge in [-0.15, -0.1) is 0 Å². The van der Waals surface area contributed by atoms with Crippen molar-refractivity contribution in [2.45, 2.75) is 39.3 Å². The molecule has 6 nitrogen and oxygen atoms in total. The zero-order valence-electron chi connectivity index (χ0n) is 11.6. The fraction of sp³-hybridized carbons (Fsp3) is 0.750. The molecule has 1 aromatic rings. The van der Waals surface area contributed by atoms with E-state index in [-0.39, 0.29) is 17.4 Å². The molecule has 106 valence electrons. The van der Waals surface area contributed by atoms with Gasteiger partial charge in [-0.05, 0) is 31.9 Å². The van der Waals surface area contributed by atoms with Gasteiger partial charge in [-0.3, -0.25) is 0 Å². The van der Waals surface area contributed by atoms with Crippen molar-refractivity contribution in [2.24, 2.45) is 0 Å². The van der Waals surface area contributed by atoms with Crippen molar-refractivity contribution in [2.75, 3.05) is 29.9 Å². The lowest BCUT2D eigenvalue weighted by Crippen LogP contribution is -2.48. The summed E-state index contributed by atoms with van der Waals surface area (Å²) in [5.74, 6) is 1.14. The molecule has 7 heteroatoms. The van der Waals surface area contributed by atoms with E-state index in [1.165, 1.54) is 0 Å². The van der Waals surface area contributed by atoms with Gasteiger partial charge >= 0.3 is 0 Å². The Hall–Kier alpha value is -1.14. The summed E-state index contributed by atoms with van der Waals surface area (Å²) < 4.78 is 5.61. The van der Waals surface area contributed by atoms with Crippen LogP contribution < -0.4 is 10.2 Å². The van der Waals surface area contributed by atoms with E-state index in [1.54, 1.807) is 0 Å². The lowest BCUT2D eigenvalue weighted by Gasteiger charge is -2.36. The number of hydrogen-bond acceptors (Lipinski definition) is 6. The van der Waals surface area contributed by atoms with Crippen LogP contribution in [0, 0.1) is 0 Å². The summed E-state index contributed by atoms with van der Waals surface area (Å²) in [4.78, 5) is 14.9. The monoisotopic (exact) mass is 285 g/mol. The second-order valence-corrected chi connectivity index (χ2v) is 5.14. The van der Waals surface area contributed by atoms with E-state index in [0.29, 0.717) is 18.5 Å². The van der Waals surface area contributed by atoms with Crippen LogP contribution in [-0.4, -0.2) is 46.8 Å². The Kier molecular flexibility index (Phi) is 4.76. The molecule has 1 aromatic heterocycles. The highest BCUT2D eigenvalue weighted by atomic mass is 35.5. The minimum Gasteiger partial charge on any atom is -0.375 e. The normalized spacial score (nSPS) is 23.5. The topological polar surface area (TPSA) is 63.2 Å². The van der Waals surface area contributed by atoms with Crippen molar-refractivity contribution < 1.29 is 4.74 Å². The van der Waals surface area contributed by atoms with E-state index in [0.717, 1.165) is 19.5 Å². The Bertz CT molecular complexity index is 431. The fourth-order valence-electron chi connectivity index (χ4n) is 1.97. The molecule has 0 aromatic carbocycles. The molecular formula is C12H20ClN5O. The standard InChI is InChI=1S/C12H20ClN5O/c1-4-5-14-11-15-10(13)16-12(17-11)18-6-9(3)19-7-8(18)2/h8-9H,4-7H2,1-3H3,(H,14,15,16,17). The lowest BCUT2D eigenvalue weighted by molar-refractivity contribution is 0.0337. The average Bonchev–Trinajstić information content (AvgIpc) is 2.38. The van der Waals surface area contributed by atoms with Gasteiger partial charge in [0.1, 0.15) is 0 Å². The van der Waals surface area contributed by atoms with Crippen molar-refractivity contribution in [3.8, 4) is 0 Å². The fourth-order valence-corrected chi connectivity index (χ4v) is 2.12. The lowest BCUT2D eigenvalue weighted by atomic mass is 10.2. The highest BCUT2D eigenvalue weighted by molar-refractivity contribution is 6.28. The molecular weight excluding hydrogens is 266 g/mol. The van der Waals surface area contributed by atoms with E-state index < -0.39 is 0 Å². The van der Waals surface area contributed by atoms with E-state index >= 15 is 0 Å². The third-order valence-electron chi connectivity index (χ3n) is 2.99. The Balaban J connectivity index is 2.20. The average molecular weight is 286 g/mol. The summed E-state index contributed by atoms with van der Waals surface area (Å²) in [5, 5.41) is 3.35. The van der Waals surface area contributed by atoms with E-state index in [4.69, 9.17) is 16.3 Å². The molecule has 0 amide bonds. The summed E-state index contributed by atoms with van der Waals surface area (Å²) in [6.45, 7) is 8.45. The molecule has 19 heavy (non-hydrogen) atoms. The van der Waals surface area contributed by atoms with Gasteiger partial charge in [-0.25, -0.2) is 0 Å². The maximum atomic E-state index is 5.97. The Morgan fingerprint density at radius 1 is 1.37 bits per heavy atom. The van der Waals surface area contributed by atoms with Crippen LogP contribution in [0.3, 0.4) is 0 Å². The largest absolute Gasteiger partial charge is 0.375 e. The van der Waals surface area contributed by atoms with Gasteiger partial charge in [0.05, 0.1) is 18.8 Å². The number of rotatable bonds is 4. The van der Waals surface area contributed by atoms with Crippen LogP contribution in [0.2, 0.25) is 5.28 Å². The maximum absolute atomic E-state index is 5.97. The van der Waals surface area contributed by atoms with Crippen molar-refractivity contribution in [1.82, 2.24) is 15.0 Å². The summed E-state index contributed by atoms with van der Waals surface area (Å²) in [5.41, 5.74) is 0. The first kappa shape index (κ1) is 14.3. The molecule has 0 bridgehead atoms. The maximum Gasteiger partial charge on any atom is 0.231 e. The molecule has 2 atom stereocenters. The van der Waals surface area contributed by atoms with Gasteiger partial charge < -0.3 is 15.0 Å². The summed E-state index contributed by atoms with van der Waals surface area (Å²) >= 11 is 5.97. The second-order valence-electron chi connectivity index (χ2n) is 4.80. The molecule has 2 rings (SSSR count). The molecule has 0 aliphatic carbocycles. The predicted octanol–water partition coefficient (Wildman–Crippen LogP) is 1.96. The molecule has 2 unspecified atom stereocenters. The highest BCUT2D eigenvalue weighted by Gasteiger charge is 2.26. The second kappa shape index (κ2) is 6.34. The zero-order chi connectivity index (χ0) is 13.8. The van der Waals surface area contributed by atoms with Crippen LogP contribution in [0.4, 0.5) is 11.9 Å². The van der Waals surface area contributed by atoms with E-state index in [1.807, 2.05) is 6.92 Å². The predicted molar refractivity (Wildman–Crippen MR) is 75.8 cm³/mol. The number of halogens is 1. The third-order valence-corrected chi connectivity index (χ3v) is 3.16.